The van der Waals surface area contributed by atoms with Crippen molar-refractivity contribution in [3.8, 4) is 0 Å². The van der Waals surface area contributed by atoms with Crippen molar-refractivity contribution in [2.75, 3.05) is 11.1 Å². The third-order valence-electron chi connectivity index (χ3n) is 4.08. The van der Waals surface area contributed by atoms with Crippen LogP contribution in [0.1, 0.15) is 28.9 Å². The molecule has 0 saturated carbocycles. The molecule has 28 heavy (non-hydrogen) atoms. The first-order valence-electron chi connectivity index (χ1n) is 8.92. The number of amides is 2. The lowest BCUT2D eigenvalue weighted by atomic mass is 10.1. The van der Waals surface area contributed by atoms with Gasteiger partial charge in [-0.15, -0.1) is 0 Å². The zero-order chi connectivity index (χ0) is 19.8. The summed E-state index contributed by atoms with van der Waals surface area (Å²) in [6, 6.07) is 22.2. The highest BCUT2D eigenvalue weighted by molar-refractivity contribution is 7.99. The Balaban J connectivity index is 1.63. The summed E-state index contributed by atoms with van der Waals surface area (Å²) >= 11 is 1.35. The lowest BCUT2D eigenvalue weighted by Crippen LogP contribution is -2.28. The van der Waals surface area contributed by atoms with Crippen LogP contribution < -0.4 is 10.6 Å². The number of thioether (sulfide) groups is 1. The summed E-state index contributed by atoms with van der Waals surface area (Å²) in [7, 11) is 0. The molecule has 3 rings (SSSR count). The molecular formula is C22H21N3O2S. The summed E-state index contributed by atoms with van der Waals surface area (Å²) in [6.07, 6.45) is 1.69. The van der Waals surface area contributed by atoms with E-state index in [1.165, 1.54) is 11.8 Å². The van der Waals surface area contributed by atoms with E-state index in [1.807, 2.05) is 55.5 Å². The van der Waals surface area contributed by atoms with E-state index < -0.39 is 0 Å². The first-order chi connectivity index (χ1) is 13.6. The molecule has 0 aliphatic heterocycles. The van der Waals surface area contributed by atoms with Crippen LogP contribution >= 0.6 is 11.8 Å². The average molecular weight is 391 g/mol. The van der Waals surface area contributed by atoms with Crippen LogP contribution in [-0.4, -0.2) is 22.6 Å². The molecule has 142 valence electrons. The van der Waals surface area contributed by atoms with Gasteiger partial charge in [0.15, 0.2) is 0 Å². The van der Waals surface area contributed by atoms with Gasteiger partial charge < -0.3 is 10.6 Å². The Kier molecular flexibility index (Phi) is 6.81. The Morgan fingerprint density at radius 2 is 1.68 bits per heavy atom. The zero-order valence-corrected chi connectivity index (χ0v) is 16.3. The van der Waals surface area contributed by atoms with E-state index in [9.17, 15) is 9.59 Å². The molecule has 0 fully saturated rings. The lowest BCUT2D eigenvalue weighted by molar-refractivity contribution is -0.113. The molecule has 2 N–H and O–H groups in total. The fraction of sp³-hybridized carbons (Fsp3) is 0.136. The van der Waals surface area contributed by atoms with Crippen LogP contribution in [0.4, 0.5) is 5.69 Å². The van der Waals surface area contributed by atoms with Gasteiger partial charge in [0.2, 0.25) is 5.91 Å². The van der Waals surface area contributed by atoms with Gasteiger partial charge in [0, 0.05) is 6.20 Å². The average Bonchev–Trinajstić information content (AvgIpc) is 2.74. The molecule has 0 aliphatic carbocycles. The smallest absolute Gasteiger partial charge is 0.253 e. The molecule has 0 spiro atoms. The number of benzene rings is 2. The molecule has 1 aromatic heterocycles. The van der Waals surface area contributed by atoms with Gasteiger partial charge in [-0.05, 0) is 36.8 Å². The highest BCUT2D eigenvalue weighted by atomic mass is 32.2. The van der Waals surface area contributed by atoms with Gasteiger partial charge in [-0.2, -0.15) is 0 Å². The molecule has 0 radical (unpaired) electrons. The lowest BCUT2D eigenvalue weighted by Gasteiger charge is -2.16. The topological polar surface area (TPSA) is 71.1 Å². The molecule has 0 unspecified atom stereocenters. The van der Waals surface area contributed by atoms with Crippen molar-refractivity contribution in [2.24, 2.45) is 0 Å². The van der Waals surface area contributed by atoms with Crippen LogP contribution in [0.15, 0.2) is 84.0 Å². The Bertz CT molecular complexity index is 933. The molecule has 0 saturated heterocycles. The van der Waals surface area contributed by atoms with Crippen LogP contribution in [0.3, 0.4) is 0 Å². The Labute approximate surface area is 168 Å². The summed E-state index contributed by atoms with van der Waals surface area (Å²) in [5, 5.41) is 6.58. The standard InChI is InChI=1S/C22H21N3O2S/c1-16(17-9-3-2-4-10-17)24-22(27)18-11-5-6-12-19(18)25-20(26)15-28-21-13-7-8-14-23-21/h2-14,16H,15H2,1H3,(H,24,27)(H,25,26)/t16-/m1/s1. The first kappa shape index (κ1) is 19.6. The van der Waals surface area contributed by atoms with E-state index in [4.69, 9.17) is 0 Å². The molecule has 0 bridgehead atoms. The van der Waals surface area contributed by atoms with Gasteiger partial charge in [-0.3, -0.25) is 9.59 Å². The van der Waals surface area contributed by atoms with Crippen molar-refractivity contribution in [1.82, 2.24) is 10.3 Å². The second-order valence-electron chi connectivity index (χ2n) is 6.16. The van der Waals surface area contributed by atoms with Crippen LogP contribution in [-0.2, 0) is 4.79 Å². The Hall–Kier alpha value is -3.12. The Morgan fingerprint density at radius 3 is 2.43 bits per heavy atom. The third-order valence-corrected chi connectivity index (χ3v) is 5.03. The monoisotopic (exact) mass is 391 g/mol. The predicted octanol–water partition coefficient (Wildman–Crippen LogP) is 4.30. The number of rotatable bonds is 7. The Morgan fingerprint density at radius 1 is 0.964 bits per heavy atom. The van der Waals surface area contributed by atoms with Crippen molar-refractivity contribution in [3.63, 3.8) is 0 Å². The van der Waals surface area contributed by atoms with Crippen molar-refractivity contribution >= 4 is 29.3 Å². The summed E-state index contributed by atoms with van der Waals surface area (Å²) in [5.74, 6) is -0.204. The largest absolute Gasteiger partial charge is 0.345 e. The number of carbonyl (C=O) groups is 2. The van der Waals surface area contributed by atoms with Crippen LogP contribution in [0.25, 0.3) is 0 Å². The zero-order valence-electron chi connectivity index (χ0n) is 15.5. The van der Waals surface area contributed by atoms with E-state index >= 15 is 0 Å². The molecule has 0 aliphatic rings. The molecule has 2 amide bonds. The quantitative estimate of drug-likeness (QED) is 0.589. The number of hydrogen-bond acceptors (Lipinski definition) is 4. The molecule has 1 atom stereocenters. The van der Waals surface area contributed by atoms with Crippen molar-refractivity contribution < 1.29 is 9.59 Å². The molecule has 3 aromatic rings. The maximum Gasteiger partial charge on any atom is 0.253 e. The van der Waals surface area contributed by atoms with Crippen molar-refractivity contribution in [1.29, 1.82) is 0 Å². The molecule has 6 heteroatoms. The number of nitrogens with zero attached hydrogens (tertiary/aromatic N) is 1. The maximum absolute atomic E-state index is 12.7. The number of hydrogen-bond donors (Lipinski definition) is 2. The SMILES string of the molecule is C[C@@H](NC(=O)c1ccccc1NC(=O)CSc1ccccn1)c1ccccc1. The van der Waals surface area contributed by atoms with Gasteiger partial charge in [0.25, 0.3) is 5.91 Å². The molecule has 5 nitrogen and oxygen atoms in total. The van der Waals surface area contributed by atoms with E-state index in [2.05, 4.69) is 15.6 Å². The molecular weight excluding hydrogens is 370 g/mol. The van der Waals surface area contributed by atoms with Crippen molar-refractivity contribution in [3.05, 3.63) is 90.1 Å². The minimum atomic E-state index is -0.232. The van der Waals surface area contributed by atoms with E-state index in [0.717, 1.165) is 10.6 Å². The van der Waals surface area contributed by atoms with Gasteiger partial charge in [-0.1, -0.05) is 60.3 Å². The van der Waals surface area contributed by atoms with Gasteiger partial charge in [0.05, 0.1) is 28.1 Å². The van der Waals surface area contributed by atoms with E-state index in [-0.39, 0.29) is 23.6 Å². The summed E-state index contributed by atoms with van der Waals surface area (Å²) in [6.45, 7) is 1.93. The number of carbonyl (C=O) groups excluding carboxylic acids is 2. The van der Waals surface area contributed by atoms with Crippen molar-refractivity contribution in [2.45, 2.75) is 18.0 Å². The number of aromatic nitrogens is 1. The van der Waals surface area contributed by atoms with E-state index in [1.54, 1.807) is 30.5 Å². The fourth-order valence-corrected chi connectivity index (χ4v) is 3.31. The molecule has 1 heterocycles. The second kappa shape index (κ2) is 9.71. The van der Waals surface area contributed by atoms with Gasteiger partial charge in [0.1, 0.15) is 0 Å². The minimum absolute atomic E-state index is 0.142. The number of pyridine rings is 1. The van der Waals surface area contributed by atoms with Gasteiger partial charge >= 0.3 is 0 Å². The van der Waals surface area contributed by atoms with Crippen LogP contribution in [0.2, 0.25) is 0 Å². The van der Waals surface area contributed by atoms with Gasteiger partial charge in [-0.25, -0.2) is 4.98 Å². The first-order valence-corrected chi connectivity index (χ1v) is 9.90. The normalized spacial score (nSPS) is 11.5. The predicted molar refractivity (Wildman–Crippen MR) is 112 cm³/mol. The second-order valence-corrected chi connectivity index (χ2v) is 7.15. The highest BCUT2D eigenvalue weighted by Gasteiger charge is 2.16. The minimum Gasteiger partial charge on any atom is -0.345 e. The highest BCUT2D eigenvalue weighted by Crippen LogP contribution is 2.19. The number of nitrogens with one attached hydrogen (secondary N) is 2. The maximum atomic E-state index is 12.7. The van der Waals surface area contributed by atoms with E-state index in [0.29, 0.717) is 11.3 Å². The third kappa shape index (κ3) is 5.44. The summed E-state index contributed by atoms with van der Waals surface area (Å²) < 4.78 is 0. The number of para-hydroxylation sites is 1. The summed E-state index contributed by atoms with van der Waals surface area (Å²) in [4.78, 5) is 29.2. The van der Waals surface area contributed by atoms with Crippen LogP contribution in [0, 0.1) is 0 Å². The summed E-state index contributed by atoms with van der Waals surface area (Å²) in [5.41, 5.74) is 1.94. The van der Waals surface area contributed by atoms with Crippen LogP contribution in [0.5, 0.6) is 0 Å². The molecule has 2 aromatic carbocycles. The number of anilines is 1. The fourth-order valence-electron chi connectivity index (χ4n) is 2.65.